The molecular formula is C10H6F4O3. The van der Waals surface area contributed by atoms with Gasteiger partial charge in [0.25, 0.3) is 0 Å². The second-order valence-corrected chi connectivity index (χ2v) is 3.15. The van der Waals surface area contributed by atoms with Crippen molar-refractivity contribution in [2.45, 2.75) is 12.6 Å². The van der Waals surface area contributed by atoms with Crippen molar-refractivity contribution < 1.29 is 32.3 Å². The van der Waals surface area contributed by atoms with Gasteiger partial charge in [-0.25, -0.2) is 4.39 Å². The van der Waals surface area contributed by atoms with E-state index in [0.29, 0.717) is 12.1 Å². The summed E-state index contributed by atoms with van der Waals surface area (Å²) in [6.07, 6.45) is -6.10. The van der Waals surface area contributed by atoms with Gasteiger partial charge in [0.05, 0.1) is 11.1 Å². The van der Waals surface area contributed by atoms with E-state index in [1.165, 1.54) is 0 Å². The van der Waals surface area contributed by atoms with Crippen LogP contribution in [-0.2, 0) is 11.0 Å². The Balaban J connectivity index is 3.31. The molecule has 7 heteroatoms. The minimum absolute atomic E-state index is 0.526. The number of rotatable bonds is 3. The Kier molecular flexibility index (Phi) is 3.50. The summed E-state index contributed by atoms with van der Waals surface area (Å²) in [7, 11) is 0. The van der Waals surface area contributed by atoms with Crippen molar-refractivity contribution in [3.8, 4) is 0 Å². The molecule has 17 heavy (non-hydrogen) atoms. The molecule has 0 aliphatic rings. The van der Waals surface area contributed by atoms with Gasteiger partial charge in [-0.3, -0.25) is 9.59 Å². The Morgan fingerprint density at radius 3 is 2.29 bits per heavy atom. The summed E-state index contributed by atoms with van der Waals surface area (Å²) in [5, 5.41) is 8.31. The second-order valence-electron chi connectivity index (χ2n) is 3.15. The first-order valence-electron chi connectivity index (χ1n) is 4.34. The van der Waals surface area contributed by atoms with Crippen LogP contribution in [0.3, 0.4) is 0 Å². The van der Waals surface area contributed by atoms with Gasteiger partial charge in [-0.05, 0) is 12.1 Å². The number of carboxylic acids is 1. The third kappa shape index (κ3) is 3.02. The fourth-order valence-corrected chi connectivity index (χ4v) is 1.27. The van der Waals surface area contributed by atoms with E-state index in [0.717, 1.165) is 6.07 Å². The number of ketones is 1. The number of carbonyl (C=O) groups excluding carboxylic acids is 1. The van der Waals surface area contributed by atoms with Gasteiger partial charge in [0, 0.05) is 0 Å². The number of benzene rings is 1. The van der Waals surface area contributed by atoms with E-state index in [1.54, 1.807) is 0 Å². The summed E-state index contributed by atoms with van der Waals surface area (Å²) >= 11 is 0. The number of hydrogen-bond acceptors (Lipinski definition) is 2. The molecule has 0 amide bonds. The molecule has 0 aliphatic heterocycles. The molecule has 0 aliphatic carbocycles. The van der Waals surface area contributed by atoms with Crippen LogP contribution < -0.4 is 0 Å². The molecule has 0 atom stereocenters. The van der Waals surface area contributed by atoms with Crippen LogP contribution in [0.5, 0.6) is 0 Å². The Morgan fingerprint density at radius 1 is 1.24 bits per heavy atom. The maximum Gasteiger partial charge on any atom is 0.417 e. The Hall–Kier alpha value is -1.92. The third-order valence-corrected chi connectivity index (χ3v) is 1.91. The maximum atomic E-state index is 13.2. The molecule has 0 fully saturated rings. The first-order valence-corrected chi connectivity index (χ1v) is 4.34. The van der Waals surface area contributed by atoms with Gasteiger partial charge < -0.3 is 5.11 Å². The molecule has 0 saturated carbocycles. The average Bonchev–Trinajstić information content (AvgIpc) is 2.14. The van der Waals surface area contributed by atoms with Crippen molar-refractivity contribution in [3.05, 3.63) is 35.1 Å². The van der Waals surface area contributed by atoms with Crippen LogP contribution >= 0.6 is 0 Å². The molecular weight excluding hydrogens is 244 g/mol. The van der Waals surface area contributed by atoms with Crippen LogP contribution in [0.15, 0.2) is 18.2 Å². The number of Topliss-reactive ketones (excluding diaryl/α,β-unsaturated/α-hetero) is 1. The summed E-state index contributed by atoms with van der Waals surface area (Å²) in [6, 6.07) is 2.00. The molecule has 0 unspecified atom stereocenters. The van der Waals surface area contributed by atoms with Crippen LogP contribution in [-0.4, -0.2) is 16.9 Å². The highest BCUT2D eigenvalue weighted by Crippen LogP contribution is 2.33. The number of halogens is 4. The summed E-state index contributed by atoms with van der Waals surface area (Å²) < 4.78 is 50.5. The topological polar surface area (TPSA) is 54.4 Å². The van der Waals surface area contributed by atoms with Gasteiger partial charge in [-0.15, -0.1) is 0 Å². The number of alkyl halides is 3. The van der Waals surface area contributed by atoms with E-state index in [1.807, 2.05) is 0 Å². The Bertz CT molecular complexity index is 465. The summed E-state index contributed by atoms with van der Waals surface area (Å²) in [4.78, 5) is 21.5. The lowest BCUT2D eigenvalue weighted by Crippen LogP contribution is -2.17. The molecule has 92 valence electrons. The fraction of sp³-hybridized carbons (Fsp3) is 0.200. The molecule has 3 nitrogen and oxygen atoms in total. The summed E-state index contributed by atoms with van der Waals surface area (Å²) in [5.74, 6) is -4.42. The molecule has 0 bridgehead atoms. The molecule has 0 saturated heterocycles. The molecule has 0 radical (unpaired) electrons. The van der Waals surface area contributed by atoms with E-state index < -0.39 is 41.3 Å². The minimum Gasteiger partial charge on any atom is -0.481 e. The number of carboxylic acid groups (broad SMARTS) is 1. The zero-order valence-corrected chi connectivity index (χ0v) is 8.21. The molecule has 1 aromatic carbocycles. The molecule has 0 heterocycles. The van der Waals surface area contributed by atoms with Crippen molar-refractivity contribution in [2.24, 2.45) is 0 Å². The van der Waals surface area contributed by atoms with Crippen molar-refractivity contribution in [2.75, 3.05) is 0 Å². The lowest BCUT2D eigenvalue weighted by molar-refractivity contribution is -0.139. The van der Waals surface area contributed by atoms with Gasteiger partial charge in [0.15, 0.2) is 5.78 Å². The first kappa shape index (κ1) is 13.1. The van der Waals surface area contributed by atoms with E-state index in [2.05, 4.69) is 0 Å². The smallest absolute Gasteiger partial charge is 0.417 e. The predicted octanol–water partition coefficient (Wildman–Crippen LogP) is 2.50. The molecule has 0 aromatic heterocycles. The lowest BCUT2D eigenvalue weighted by atomic mass is 10.0. The highest BCUT2D eigenvalue weighted by molar-refractivity contribution is 6.06. The highest BCUT2D eigenvalue weighted by atomic mass is 19.4. The monoisotopic (exact) mass is 250 g/mol. The molecule has 1 N–H and O–H groups in total. The molecule has 1 rings (SSSR count). The normalized spacial score (nSPS) is 11.3. The van der Waals surface area contributed by atoms with Crippen LogP contribution in [0.2, 0.25) is 0 Å². The maximum absolute atomic E-state index is 13.2. The van der Waals surface area contributed by atoms with Gasteiger partial charge in [-0.2, -0.15) is 13.2 Å². The van der Waals surface area contributed by atoms with Crippen LogP contribution in [0.1, 0.15) is 22.3 Å². The second kappa shape index (κ2) is 4.52. The lowest BCUT2D eigenvalue weighted by Gasteiger charge is -2.11. The van der Waals surface area contributed by atoms with Gasteiger partial charge in [0.1, 0.15) is 12.2 Å². The highest BCUT2D eigenvalue weighted by Gasteiger charge is 2.36. The molecule has 0 spiro atoms. The van der Waals surface area contributed by atoms with E-state index in [-0.39, 0.29) is 0 Å². The van der Waals surface area contributed by atoms with Crippen molar-refractivity contribution in [3.63, 3.8) is 0 Å². The van der Waals surface area contributed by atoms with Crippen LogP contribution in [0, 0.1) is 5.82 Å². The van der Waals surface area contributed by atoms with Crippen molar-refractivity contribution >= 4 is 11.8 Å². The zero-order chi connectivity index (χ0) is 13.2. The van der Waals surface area contributed by atoms with E-state index in [9.17, 15) is 27.2 Å². The first-order chi connectivity index (χ1) is 7.73. The largest absolute Gasteiger partial charge is 0.481 e. The van der Waals surface area contributed by atoms with Gasteiger partial charge in [0.2, 0.25) is 0 Å². The quantitative estimate of drug-likeness (QED) is 0.509. The van der Waals surface area contributed by atoms with E-state index >= 15 is 0 Å². The summed E-state index contributed by atoms with van der Waals surface area (Å²) in [6.45, 7) is 0. The summed E-state index contributed by atoms with van der Waals surface area (Å²) in [5.41, 5.74) is -2.70. The Labute approximate surface area is 92.7 Å². The zero-order valence-electron chi connectivity index (χ0n) is 8.21. The number of carbonyl (C=O) groups is 2. The SMILES string of the molecule is O=C(O)CC(=O)c1c(F)cccc1C(F)(F)F. The standard InChI is InChI=1S/C10H6F4O3/c11-6-3-1-2-5(10(12,13)14)9(6)7(15)4-8(16)17/h1-3H,4H2,(H,16,17). The van der Waals surface area contributed by atoms with Crippen molar-refractivity contribution in [1.82, 2.24) is 0 Å². The third-order valence-electron chi connectivity index (χ3n) is 1.91. The average molecular weight is 250 g/mol. The number of hydrogen-bond donors (Lipinski definition) is 1. The molecule has 1 aromatic rings. The van der Waals surface area contributed by atoms with E-state index in [4.69, 9.17) is 5.11 Å². The van der Waals surface area contributed by atoms with Crippen molar-refractivity contribution in [1.29, 1.82) is 0 Å². The minimum atomic E-state index is -4.91. The predicted molar refractivity (Wildman–Crippen MR) is 48.0 cm³/mol. The van der Waals surface area contributed by atoms with Gasteiger partial charge >= 0.3 is 12.1 Å². The van der Waals surface area contributed by atoms with Gasteiger partial charge in [-0.1, -0.05) is 6.07 Å². The fourth-order valence-electron chi connectivity index (χ4n) is 1.27. The Morgan fingerprint density at radius 2 is 1.82 bits per heavy atom. The van der Waals surface area contributed by atoms with Crippen LogP contribution in [0.25, 0.3) is 0 Å². The number of aliphatic carboxylic acids is 1. The van der Waals surface area contributed by atoms with Crippen LogP contribution in [0.4, 0.5) is 17.6 Å².